The van der Waals surface area contributed by atoms with Gasteiger partial charge in [0.1, 0.15) is 11.3 Å². The molecule has 2 heterocycles. The molecule has 0 radical (unpaired) electrons. The van der Waals surface area contributed by atoms with Crippen LogP contribution in [0, 0.1) is 23.2 Å². The molecule has 0 aromatic heterocycles. The van der Waals surface area contributed by atoms with E-state index < -0.39 is 29.3 Å². The van der Waals surface area contributed by atoms with Crippen LogP contribution in [0.15, 0.2) is 72.0 Å². The number of piperidine rings is 1. The highest BCUT2D eigenvalue weighted by Crippen LogP contribution is 2.70. The van der Waals surface area contributed by atoms with Gasteiger partial charge < -0.3 is 19.6 Å². The highest BCUT2D eigenvalue weighted by molar-refractivity contribution is 5.99. The van der Waals surface area contributed by atoms with E-state index in [9.17, 15) is 23.1 Å². The van der Waals surface area contributed by atoms with Gasteiger partial charge in [0.05, 0.1) is 31.8 Å². The predicted molar refractivity (Wildman–Crippen MR) is 151 cm³/mol. The zero-order chi connectivity index (χ0) is 29.2. The molecule has 2 saturated heterocycles. The number of amides is 1. The highest BCUT2D eigenvalue weighted by atomic mass is 19.4. The van der Waals surface area contributed by atoms with Crippen LogP contribution in [0.5, 0.6) is 0 Å². The minimum Gasteiger partial charge on any atom is -0.508 e. The Morgan fingerprint density at radius 1 is 1.27 bits per heavy atom. The third-order valence-electron chi connectivity index (χ3n) is 10.5. The van der Waals surface area contributed by atoms with Crippen molar-refractivity contribution in [3.05, 3.63) is 77.6 Å². The number of nitrogens with zero attached hydrogens (tertiary/aromatic N) is 1. The molecule has 6 rings (SSSR count). The lowest BCUT2D eigenvalue weighted by molar-refractivity contribution is -0.961. The zero-order valence-electron chi connectivity index (χ0n) is 23.8. The summed E-state index contributed by atoms with van der Waals surface area (Å²) in [6, 6.07) is 8.31. The minimum atomic E-state index is -4.86. The van der Waals surface area contributed by atoms with E-state index in [1.54, 1.807) is 24.3 Å². The van der Waals surface area contributed by atoms with Crippen LogP contribution in [0.25, 0.3) is 6.08 Å². The molecule has 2 saturated carbocycles. The van der Waals surface area contributed by atoms with Gasteiger partial charge in [-0.3, -0.25) is 4.79 Å². The molecule has 7 atom stereocenters. The van der Waals surface area contributed by atoms with E-state index in [0.29, 0.717) is 17.9 Å². The summed E-state index contributed by atoms with van der Waals surface area (Å²) in [6.45, 7) is 11.3. The summed E-state index contributed by atoms with van der Waals surface area (Å²) in [4.78, 5) is 13.6. The number of alkyl halides is 3. The molecule has 5 aliphatic rings. The molecule has 1 aromatic carbocycles. The Morgan fingerprint density at radius 3 is 2.71 bits per heavy atom. The summed E-state index contributed by atoms with van der Waals surface area (Å²) in [7, 11) is 0. The predicted octanol–water partition coefficient (Wildman–Crippen LogP) is 6.46. The molecule has 41 heavy (non-hydrogen) atoms. The third kappa shape index (κ3) is 4.32. The SMILES string of the molecule is C=CC[N+]1(CC(C)C)CC[C@]23C4C5=C(O)C=CC4(NC(=O)C(=Cc4ccccc4)C(F)(F)F)O[C@H]2CCC[C@H]3[C@H]1C5. The standard InChI is InChI=1S/C33H39F3N2O3/c1-4-16-38(20-21(2)3)17-15-31-24-11-8-12-28(31)41-32(14-13-27(39)23(29(31)32)19-26(24)38)37-30(40)25(33(34,35)36)18-22-9-6-5-7-10-22/h4-7,9-10,13-14,18,21,24,26,28-29H,1,8,11-12,15-17,19-20H2,2-3H3,(H-,37,39,40)/p+1/t24-,26+,28-,29?,31+,32?,38?/m0/s1. The van der Waals surface area contributed by atoms with Crippen LogP contribution in [-0.2, 0) is 9.53 Å². The fourth-order valence-corrected chi connectivity index (χ4v) is 9.43. The van der Waals surface area contributed by atoms with Gasteiger partial charge in [0.15, 0.2) is 5.72 Å². The topological polar surface area (TPSA) is 58.6 Å². The molecular weight excluding hydrogens is 529 g/mol. The quantitative estimate of drug-likeness (QED) is 0.225. The van der Waals surface area contributed by atoms with Crippen molar-refractivity contribution >= 4 is 12.0 Å². The molecule has 2 aliphatic heterocycles. The number of carbonyl (C=O) groups is 1. The fourth-order valence-electron chi connectivity index (χ4n) is 9.43. The van der Waals surface area contributed by atoms with Crippen LogP contribution in [0.4, 0.5) is 13.2 Å². The zero-order valence-corrected chi connectivity index (χ0v) is 23.8. The number of carbonyl (C=O) groups excluding carboxylic acids is 1. The summed E-state index contributed by atoms with van der Waals surface area (Å²) >= 11 is 0. The third-order valence-corrected chi connectivity index (χ3v) is 10.5. The number of allylic oxidation sites excluding steroid dienone is 1. The van der Waals surface area contributed by atoms with Crippen LogP contribution in [0.2, 0.25) is 0 Å². The molecule has 1 aromatic rings. The molecule has 1 spiro atoms. The van der Waals surface area contributed by atoms with Crippen molar-refractivity contribution in [1.82, 2.24) is 5.32 Å². The van der Waals surface area contributed by atoms with Crippen molar-refractivity contribution < 1.29 is 32.3 Å². The van der Waals surface area contributed by atoms with Crippen LogP contribution in [0.1, 0.15) is 51.5 Å². The van der Waals surface area contributed by atoms with E-state index in [1.165, 1.54) is 18.2 Å². The number of hydrogen-bond donors (Lipinski definition) is 2. The van der Waals surface area contributed by atoms with Gasteiger partial charge in [-0.25, -0.2) is 0 Å². The van der Waals surface area contributed by atoms with Gasteiger partial charge >= 0.3 is 6.18 Å². The van der Waals surface area contributed by atoms with Crippen LogP contribution < -0.4 is 5.32 Å². The largest absolute Gasteiger partial charge is 0.508 e. The Hall–Kier alpha value is -2.84. The first kappa shape index (κ1) is 28.3. The van der Waals surface area contributed by atoms with Gasteiger partial charge in [0, 0.05) is 36.0 Å². The van der Waals surface area contributed by atoms with Gasteiger partial charge in [-0.05, 0) is 48.3 Å². The number of aliphatic hydroxyl groups is 1. The monoisotopic (exact) mass is 569 g/mol. The number of nitrogens with one attached hydrogen (secondary N) is 1. The Kier molecular flexibility index (Phi) is 6.81. The second-order valence-electron chi connectivity index (χ2n) is 13.2. The molecule has 1 amide bonds. The first-order chi connectivity index (χ1) is 19.5. The summed E-state index contributed by atoms with van der Waals surface area (Å²) in [5.41, 5.74) is -1.96. The van der Waals surface area contributed by atoms with Gasteiger partial charge in [-0.15, -0.1) is 0 Å². The minimum absolute atomic E-state index is 0.163. The summed E-state index contributed by atoms with van der Waals surface area (Å²) < 4.78 is 50.5. The first-order valence-electron chi connectivity index (χ1n) is 14.9. The molecular formula is C33H40F3N2O3+. The first-order valence-corrected chi connectivity index (χ1v) is 14.9. The Balaban J connectivity index is 1.43. The van der Waals surface area contributed by atoms with Crippen molar-refractivity contribution in [1.29, 1.82) is 0 Å². The fraction of sp³-hybridized carbons (Fsp3) is 0.545. The van der Waals surface area contributed by atoms with E-state index >= 15 is 0 Å². The number of likely N-dealkylation sites (tertiary alicyclic amines) is 1. The van der Waals surface area contributed by atoms with Gasteiger partial charge in [0.25, 0.3) is 5.91 Å². The maximum atomic E-state index is 14.3. The van der Waals surface area contributed by atoms with E-state index in [0.717, 1.165) is 61.4 Å². The Bertz CT molecular complexity index is 1320. The molecule has 4 fully saturated rings. The van der Waals surface area contributed by atoms with Gasteiger partial charge in [-0.2, -0.15) is 13.2 Å². The second-order valence-corrected chi connectivity index (χ2v) is 13.2. The second kappa shape index (κ2) is 9.87. The summed E-state index contributed by atoms with van der Waals surface area (Å²) in [5, 5.41) is 14.0. The smallest absolute Gasteiger partial charge is 0.421 e. The number of benzene rings is 1. The highest BCUT2D eigenvalue weighted by Gasteiger charge is 2.75. The Morgan fingerprint density at radius 2 is 2.02 bits per heavy atom. The summed E-state index contributed by atoms with van der Waals surface area (Å²) in [6.07, 6.45) is 5.19. The van der Waals surface area contributed by atoms with Crippen LogP contribution >= 0.6 is 0 Å². The lowest BCUT2D eigenvalue weighted by Crippen LogP contribution is -2.73. The maximum Gasteiger partial charge on any atom is 0.421 e. The normalized spacial score (nSPS) is 37.7. The van der Waals surface area contributed by atoms with E-state index in [-0.39, 0.29) is 29.2 Å². The van der Waals surface area contributed by atoms with Gasteiger partial charge in [-0.1, -0.05) is 57.2 Å². The molecule has 8 heteroatoms. The van der Waals surface area contributed by atoms with Crippen molar-refractivity contribution in [3.8, 4) is 0 Å². The molecule has 3 unspecified atom stereocenters. The van der Waals surface area contributed by atoms with Crippen LogP contribution in [-0.4, -0.2) is 59.2 Å². The number of halogens is 3. The molecule has 220 valence electrons. The van der Waals surface area contributed by atoms with Gasteiger partial charge in [0.2, 0.25) is 0 Å². The number of quaternary nitrogens is 1. The number of aliphatic hydroxyl groups excluding tert-OH is 1. The molecule has 2 N–H and O–H groups in total. The summed E-state index contributed by atoms with van der Waals surface area (Å²) in [5.74, 6) is -0.705. The van der Waals surface area contributed by atoms with Crippen molar-refractivity contribution in [2.24, 2.45) is 23.2 Å². The van der Waals surface area contributed by atoms with Crippen molar-refractivity contribution in [3.63, 3.8) is 0 Å². The molecule has 3 aliphatic carbocycles. The number of rotatable bonds is 7. The lowest BCUT2D eigenvalue weighted by Gasteiger charge is -2.65. The van der Waals surface area contributed by atoms with E-state index in [4.69, 9.17) is 4.74 Å². The number of hydrogen-bond acceptors (Lipinski definition) is 3. The number of ether oxygens (including phenoxy) is 1. The molecule has 2 bridgehead atoms. The Labute approximate surface area is 240 Å². The lowest BCUT2D eigenvalue weighted by atomic mass is 9.46. The average molecular weight is 570 g/mol. The maximum absolute atomic E-state index is 14.3. The van der Waals surface area contributed by atoms with Crippen LogP contribution in [0.3, 0.4) is 0 Å². The van der Waals surface area contributed by atoms with E-state index in [2.05, 4.69) is 25.7 Å². The average Bonchev–Trinajstić information content (AvgIpc) is 3.19. The van der Waals surface area contributed by atoms with E-state index in [1.807, 2.05) is 6.08 Å². The molecule has 5 nitrogen and oxygen atoms in total. The van der Waals surface area contributed by atoms with Crippen molar-refractivity contribution in [2.45, 2.75) is 70.0 Å². The van der Waals surface area contributed by atoms with Crippen molar-refractivity contribution in [2.75, 3.05) is 19.6 Å².